The first kappa shape index (κ1) is 22.2. The van der Waals surface area contributed by atoms with Crippen LogP contribution in [0.2, 0.25) is 0 Å². The summed E-state index contributed by atoms with van der Waals surface area (Å²) in [5, 5.41) is 5.98. The highest BCUT2D eigenvalue weighted by atomic mass is 16.2. The zero-order valence-corrected chi connectivity index (χ0v) is 20.2. The van der Waals surface area contributed by atoms with Crippen molar-refractivity contribution in [1.82, 2.24) is 19.2 Å². The average Bonchev–Trinajstić information content (AvgIpc) is 3.17. The molecule has 5 rings (SSSR count). The summed E-state index contributed by atoms with van der Waals surface area (Å²) in [6, 6.07) is 16.2. The molecule has 1 fully saturated rings. The molecule has 176 valence electrons. The second kappa shape index (κ2) is 8.63. The smallest absolute Gasteiger partial charge is 0.291 e. The monoisotopic (exact) mass is 457 g/mol. The minimum Gasteiger partial charge on any atom is -0.365 e. The lowest BCUT2D eigenvalue weighted by atomic mass is 10.1. The first-order valence-corrected chi connectivity index (χ1v) is 12.0. The third-order valence-electron chi connectivity index (χ3n) is 7.06. The van der Waals surface area contributed by atoms with Crippen molar-refractivity contribution in [1.29, 1.82) is 0 Å². The fourth-order valence-electron chi connectivity index (χ4n) is 5.34. The number of carbonyl (C=O) groups is 1. The van der Waals surface area contributed by atoms with Crippen molar-refractivity contribution in [3.8, 4) is 0 Å². The Morgan fingerprint density at radius 2 is 1.91 bits per heavy atom. The Morgan fingerprint density at radius 1 is 1.12 bits per heavy atom. The van der Waals surface area contributed by atoms with Gasteiger partial charge in [0.2, 0.25) is 5.91 Å². The van der Waals surface area contributed by atoms with Crippen LogP contribution in [0.3, 0.4) is 0 Å². The van der Waals surface area contributed by atoms with E-state index in [0.717, 1.165) is 22.8 Å². The molecular formula is C27H31N5O2. The molecule has 0 radical (unpaired) electrons. The molecule has 3 heterocycles. The summed E-state index contributed by atoms with van der Waals surface area (Å²) >= 11 is 0. The first-order valence-electron chi connectivity index (χ1n) is 12.0. The van der Waals surface area contributed by atoms with Gasteiger partial charge < -0.3 is 14.4 Å². The molecule has 7 nitrogen and oxygen atoms in total. The van der Waals surface area contributed by atoms with Gasteiger partial charge in [-0.2, -0.15) is 5.10 Å². The van der Waals surface area contributed by atoms with Crippen LogP contribution in [-0.2, 0) is 11.8 Å². The summed E-state index contributed by atoms with van der Waals surface area (Å²) in [5.74, 6) is 0.0692. The van der Waals surface area contributed by atoms with Crippen LogP contribution in [0.15, 0.2) is 59.5 Å². The molecule has 0 saturated carbocycles. The molecular weight excluding hydrogens is 426 g/mol. The van der Waals surface area contributed by atoms with Gasteiger partial charge in [0.1, 0.15) is 11.6 Å². The highest BCUT2D eigenvalue weighted by Crippen LogP contribution is 2.32. The molecule has 0 aliphatic carbocycles. The van der Waals surface area contributed by atoms with Gasteiger partial charge in [-0.25, -0.2) is 4.68 Å². The van der Waals surface area contributed by atoms with E-state index in [4.69, 9.17) is 0 Å². The number of nitrogens with zero attached hydrogens (tertiary/aromatic N) is 5. The van der Waals surface area contributed by atoms with Crippen molar-refractivity contribution in [3.05, 3.63) is 70.6 Å². The van der Waals surface area contributed by atoms with Crippen LogP contribution in [0, 0.1) is 6.92 Å². The summed E-state index contributed by atoms with van der Waals surface area (Å²) in [6.07, 6.45) is 2.33. The molecule has 2 aromatic heterocycles. The van der Waals surface area contributed by atoms with Gasteiger partial charge in [-0.15, -0.1) is 0 Å². The Labute approximate surface area is 199 Å². The van der Waals surface area contributed by atoms with Crippen LogP contribution in [-0.4, -0.2) is 50.8 Å². The topological polar surface area (TPSA) is 63.4 Å². The number of para-hydroxylation sites is 1. The van der Waals surface area contributed by atoms with Gasteiger partial charge in [-0.05, 0) is 44.0 Å². The molecule has 1 amide bonds. The number of anilines is 1. The Morgan fingerprint density at radius 3 is 2.65 bits per heavy atom. The van der Waals surface area contributed by atoms with E-state index in [1.807, 2.05) is 40.7 Å². The first-order chi connectivity index (χ1) is 16.4. The summed E-state index contributed by atoms with van der Waals surface area (Å²) in [6.45, 7) is 8.38. The van der Waals surface area contributed by atoms with Gasteiger partial charge >= 0.3 is 0 Å². The summed E-state index contributed by atoms with van der Waals surface area (Å²) in [4.78, 5) is 31.4. The summed E-state index contributed by atoms with van der Waals surface area (Å²) < 4.78 is 3.30. The van der Waals surface area contributed by atoms with Gasteiger partial charge in [0, 0.05) is 49.2 Å². The molecule has 0 bridgehead atoms. The molecule has 0 N–H and O–H groups in total. The molecule has 0 unspecified atom stereocenters. The van der Waals surface area contributed by atoms with Gasteiger partial charge in [-0.3, -0.25) is 9.59 Å². The van der Waals surface area contributed by atoms with E-state index >= 15 is 0 Å². The largest absolute Gasteiger partial charge is 0.365 e. The van der Waals surface area contributed by atoms with E-state index in [9.17, 15) is 9.59 Å². The number of hydrogen-bond acceptors (Lipinski definition) is 4. The van der Waals surface area contributed by atoms with Crippen molar-refractivity contribution >= 4 is 33.4 Å². The number of fused-ring (bicyclic) bond motifs is 3. The maximum Gasteiger partial charge on any atom is 0.291 e. The molecule has 4 aromatic rings. The van der Waals surface area contributed by atoms with E-state index in [2.05, 4.69) is 48.1 Å². The quantitative estimate of drug-likeness (QED) is 0.467. The lowest BCUT2D eigenvalue weighted by Crippen LogP contribution is -2.55. The minimum absolute atomic E-state index is 0.0692. The second-order valence-electron chi connectivity index (χ2n) is 9.31. The number of carbonyl (C=O) groups excluding carboxylic acids is 1. The van der Waals surface area contributed by atoms with Crippen molar-refractivity contribution in [2.24, 2.45) is 7.05 Å². The summed E-state index contributed by atoms with van der Waals surface area (Å²) in [5.41, 5.74) is 3.69. The number of benzene rings is 2. The van der Waals surface area contributed by atoms with Crippen molar-refractivity contribution in [3.63, 3.8) is 0 Å². The Bertz CT molecular complexity index is 1440. The molecule has 0 spiro atoms. The number of piperazine rings is 1. The normalized spacial score (nSPS) is 17.5. The van der Waals surface area contributed by atoms with Gasteiger partial charge in [0.05, 0.1) is 11.7 Å². The number of aromatic nitrogens is 3. The maximum atomic E-state index is 13.9. The van der Waals surface area contributed by atoms with Crippen molar-refractivity contribution in [2.45, 2.75) is 39.3 Å². The van der Waals surface area contributed by atoms with E-state index in [0.29, 0.717) is 25.0 Å². The molecule has 1 saturated heterocycles. The Kier molecular flexibility index (Phi) is 5.63. The van der Waals surface area contributed by atoms with E-state index in [1.54, 1.807) is 13.2 Å². The molecule has 2 aromatic carbocycles. The standard InChI is InChI=1S/C27H31N5O2/c1-5-23(26(33)30-13-14-31(19(3)17-30)20-10-8-9-18(2)15-20)32-24-12-7-6-11-21(24)22-16-28-29(4)27(34)25(22)32/h6-12,15-16,19,23H,5,13-14,17H2,1-4H3/t19-,23-/m0/s1. The lowest BCUT2D eigenvalue weighted by molar-refractivity contribution is -0.135. The fraction of sp³-hybridized carbons (Fsp3) is 0.370. The van der Waals surface area contributed by atoms with Crippen molar-refractivity contribution in [2.75, 3.05) is 24.5 Å². The maximum absolute atomic E-state index is 13.9. The van der Waals surface area contributed by atoms with Crippen LogP contribution in [0.1, 0.15) is 31.9 Å². The molecule has 2 atom stereocenters. The highest BCUT2D eigenvalue weighted by Gasteiger charge is 2.33. The van der Waals surface area contributed by atoms with E-state index < -0.39 is 6.04 Å². The predicted molar refractivity (Wildman–Crippen MR) is 136 cm³/mol. The minimum atomic E-state index is -0.449. The highest BCUT2D eigenvalue weighted by molar-refractivity contribution is 6.08. The van der Waals surface area contributed by atoms with E-state index in [-0.39, 0.29) is 17.5 Å². The zero-order chi connectivity index (χ0) is 24.0. The Balaban J connectivity index is 1.51. The van der Waals surface area contributed by atoms with Gasteiger partial charge in [0.15, 0.2) is 0 Å². The van der Waals surface area contributed by atoms with Crippen LogP contribution < -0.4 is 10.5 Å². The number of rotatable bonds is 4. The summed E-state index contributed by atoms with van der Waals surface area (Å²) in [7, 11) is 1.65. The molecule has 1 aliphatic heterocycles. The molecule has 7 heteroatoms. The SMILES string of the molecule is CC[C@@H](C(=O)N1CCN(c2cccc(C)c2)[C@@H](C)C1)n1c2ccccc2c2cnn(C)c(=O)c21. The third-order valence-corrected chi connectivity index (χ3v) is 7.06. The van der Waals surface area contributed by atoms with Gasteiger partial charge in [0.25, 0.3) is 5.56 Å². The average molecular weight is 458 g/mol. The van der Waals surface area contributed by atoms with Crippen molar-refractivity contribution < 1.29 is 4.79 Å². The Hall–Kier alpha value is -3.61. The van der Waals surface area contributed by atoms with Gasteiger partial charge in [-0.1, -0.05) is 37.3 Å². The predicted octanol–water partition coefficient (Wildman–Crippen LogP) is 3.89. The number of amides is 1. The molecule has 1 aliphatic rings. The van der Waals surface area contributed by atoms with E-state index in [1.165, 1.54) is 15.9 Å². The van der Waals surface area contributed by atoms with Crippen LogP contribution >= 0.6 is 0 Å². The third kappa shape index (κ3) is 3.56. The van der Waals surface area contributed by atoms with Crippen LogP contribution in [0.4, 0.5) is 5.69 Å². The van der Waals surface area contributed by atoms with Crippen LogP contribution in [0.5, 0.6) is 0 Å². The fourth-order valence-corrected chi connectivity index (χ4v) is 5.34. The number of hydrogen-bond donors (Lipinski definition) is 0. The molecule has 34 heavy (non-hydrogen) atoms. The second-order valence-corrected chi connectivity index (χ2v) is 9.31. The number of aryl methyl sites for hydroxylation is 2. The lowest BCUT2D eigenvalue weighted by Gasteiger charge is -2.42. The zero-order valence-electron chi connectivity index (χ0n) is 20.2. The van der Waals surface area contributed by atoms with Crippen LogP contribution in [0.25, 0.3) is 21.8 Å².